The van der Waals surface area contributed by atoms with Crippen molar-refractivity contribution in [3.8, 4) is 0 Å². The Morgan fingerprint density at radius 3 is 3.17 bits per heavy atom. The van der Waals surface area contributed by atoms with Gasteiger partial charge in [0, 0.05) is 12.1 Å². The fraction of sp³-hybridized carbons (Fsp3) is 0.100. The molecular weight excluding hydrogens is 322 g/mol. The Labute approximate surface area is 115 Å². The Morgan fingerprint density at radius 1 is 1.50 bits per heavy atom. The zero-order valence-electron chi connectivity index (χ0n) is 9.00. The Bertz CT molecular complexity index is 694. The van der Waals surface area contributed by atoms with E-state index in [-0.39, 0.29) is 5.28 Å². The number of nitrogens with one attached hydrogen (secondary N) is 3. The van der Waals surface area contributed by atoms with Gasteiger partial charge in [-0.15, -0.1) is 0 Å². The lowest BCUT2D eigenvalue weighted by atomic mass is 10.3. The van der Waals surface area contributed by atoms with Crippen LogP contribution in [-0.4, -0.2) is 15.0 Å². The van der Waals surface area contributed by atoms with Crippen molar-refractivity contribution in [1.82, 2.24) is 15.0 Å². The molecule has 0 aromatic carbocycles. The number of imidazole rings is 1. The molecule has 3 rings (SSSR count). The lowest BCUT2D eigenvalue weighted by Crippen LogP contribution is -2.05. The molecule has 6 nitrogen and oxygen atoms in total. The zero-order chi connectivity index (χ0) is 12.5. The Morgan fingerprint density at radius 2 is 2.39 bits per heavy atom. The zero-order valence-corrected chi connectivity index (χ0v) is 11.3. The first kappa shape index (κ1) is 11.5. The minimum Gasteiger partial charge on any atom is -0.457 e. The van der Waals surface area contributed by atoms with Crippen LogP contribution in [0.2, 0.25) is 5.28 Å². The highest BCUT2D eigenvalue weighted by Gasteiger charge is 2.14. The smallest absolute Gasteiger partial charge is 0.306 e. The summed E-state index contributed by atoms with van der Waals surface area (Å²) in [7, 11) is 0. The van der Waals surface area contributed by atoms with E-state index in [1.807, 2.05) is 6.07 Å². The van der Waals surface area contributed by atoms with E-state index in [0.717, 1.165) is 11.1 Å². The average Bonchev–Trinajstić information content (AvgIpc) is 2.94. The fourth-order valence-electron chi connectivity index (χ4n) is 1.60. The maximum Gasteiger partial charge on any atom is 0.306 e. The van der Waals surface area contributed by atoms with Crippen LogP contribution in [0.15, 0.2) is 27.7 Å². The number of aromatic nitrogens is 4. The predicted octanol–water partition coefficient (Wildman–Crippen LogP) is 2.39. The van der Waals surface area contributed by atoms with E-state index >= 15 is 0 Å². The Balaban J connectivity index is 1.90. The van der Waals surface area contributed by atoms with Crippen LogP contribution in [0.25, 0.3) is 11.2 Å². The van der Waals surface area contributed by atoms with Crippen molar-refractivity contribution in [3.05, 3.63) is 34.2 Å². The molecule has 3 aromatic heterocycles. The molecule has 8 heteroatoms. The Hall–Kier alpha value is -1.60. The second-order valence-electron chi connectivity index (χ2n) is 3.57. The Kier molecular flexibility index (Phi) is 2.92. The van der Waals surface area contributed by atoms with E-state index < -0.39 is 0 Å². The van der Waals surface area contributed by atoms with Gasteiger partial charge in [0.25, 0.3) is 0 Å². The number of nitrogens with zero attached hydrogens (tertiary/aromatic N) is 2. The number of fused-ring (bicyclic) bond motifs is 1. The molecule has 92 valence electrons. The van der Waals surface area contributed by atoms with Crippen LogP contribution >= 0.6 is 27.5 Å². The standard InChI is InChI=1S/C10H7BrClN5O/c11-7-5(1-2-18-7)3-13-8-6-9(15-4-14-6)17-10(12)16-8/h1-2,4H,3H2,(H2,13,14,15,16,17)/p+1. The number of H-pyrrole nitrogens is 2. The highest BCUT2D eigenvalue weighted by molar-refractivity contribution is 9.10. The normalized spacial score (nSPS) is 11.0. The molecule has 0 spiro atoms. The van der Waals surface area contributed by atoms with Crippen molar-refractivity contribution in [2.45, 2.75) is 6.54 Å². The van der Waals surface area contributed by atoms with Gasteiger partial charge in [-0.25, -0.2) is 4.98 Å². The minimum absolute atomic E-state index is 0.187. The van der Waals surface area contributed by atoms with Crippen LogP contribution in [-0.2, 0) is 6.54 Å². The molecule has 0 aliphatic carbocycles. The van der Waals surface area contributed by atoms with Crippen LogP contribution in [0.3, 0.4) is 0 Å². The van der Waals surface area contributed by atoms with Gasteiger partial charge < -0.3 is 9.73 Å². The lowest BCUT2D eigenvalue weighted by molar-refractivity contribution is -0.347. The highest BCUT2D eigenvalue weighted by atomic mass is 79.9. The van der Waals surface area contributed by atoms with Gasteiger partial charge in [0.2, 0.25) is 5.52 Å². The van der Waals surface area contributed by atoms with Crippen molar-refractivity contribution in [2.75, 3.05) is 5.32 Å². The summed E-state index contributed by atoms with van der Waals surface area (Å²) in [5.41, 5.74) is 2.43. The van der Waals surface area contributed by atoms with E-state index in [4.69, 9.17) is 16.0 Å². The van der Waals surface area contributed by atoms with Crippen molar-refractivity contribution < 1.29 is 9.40 Å². The van der Waals surface area contributed by atoms with E-state index in [1.54, 1.807) is 12.6 Å². The molecule has 0 fully saturated rings. The van der Waals surface area contributed by atoms with E-state index in [0.29, 0.717) is 22.7 Å². The van der Waals surface area contributed by atoms with Crippen LogP contribution in [0.5, 0.6) is 0 Å². The maximum absolute atomic E-state index is 5.85. The molecule has 3 N–H and O–H groups in total. The maximum atomic E-state index is 5.85. The van der Waals surface area contributed by atoms with Crippen LogP contribution < -0.4 is 10.3 Å². The van der Waals surface area contributed by atoms with Crippen molar-refractivity contribution in [2.24, 2.45) is 0 Å². The first-order chi connectivity index (χ1) is 8.74. The largest absolute Gasteiger partial charge is 0.457 e. The number of furan rings is 1. The van der Waals surface area contributed by atoms with Gasteiger partial charge in [-0.05, 0) is 33.6 Å². The summed E-state index contributed by atoms with van der Waals surface area (Å²) in [5, 5.41) is 3.37. The second kappa shape index (κ2) is 4.58. The third-order valence-corrected chi connectivity index (χ3v) is 3.31. The molecule has 0 amide bonds. The van der Waals surface area contributed by atoms with Crippen LogP contribution in [0, 0.1) is 0 Å². The summed E-state index contributed by atoms with van der Waals surface area (Å²) in [4.78, 5) is 14.2. The summed E-state index contributed by atoms with van der Waals surface area (Å²) in [5.74, 6) is 0.638. The third kappa shape index (κ3) is 2.06. The van der Waals surface area contributed by atoms with Gasteiger partial charge >= 0.3 is 10.9 Å². The second-order valence-corrected chi connectivity index (χ2v) is 4.63. The molecule has 3 heterocycles. The van der Waals surface area contributed by atoms with Gasteiger partial charge in [-0.1, -0.05) is 4.98 Å². The fourth-order valence-corrected chi connectivity index (χ4v) is 2.15. The number of hydrogen-bond donors (Lipinski definition) is 2. The van der Waals surface area contributed by atoms with Crippen LogP contribution in [0.4, 0.5) is 5.82 Å². The molecule has 0 saturated carbocycles. The first-order valence-corrected chi connectivity index (χ1v) is 6.29. The summed E-state index contributed by atoms with van der Waals surface area (Å²) >= 11 is 9.17. The minimum atomic E-state index is 0.187. The van der Waals surface area contributed by atoms with E-state index in [9.17, 15) is 0 Å². The molecule has 0 aliphatic rings. The van der Waals surface area contributed by atoms with Crippen molar-refractivity contribution in [3.63, 3.8) is 0 Å². The molecule has 0 unspecified atom stereocenters. The molecule has 0 saturated heterocycles. The van der Waals surface area contributed by atoms with Gasteiger partial charge in [0.1, 0.15) is 0 Å². The van der Waals surface area contributed by atoms with Gasteiger partial charge in [-0.3, -0.25) is 4.98 Å². The summed E-state index contributed by atoms with van der Waals surface area (Å²) in [6.45, 7) is 0.568. The number of rotatable bonds is 3. The third-order valence-electron chi connectivity index (χ3n) is 2.45. The van der Waals surface area contributed by atoms with Crippen molar-refractivity contribution in [1.29, 1.82) is 0 Å². The molecule has 0 radical (unpaired) electrons. The van der Waals surface area contributed by atoms with Gasteiger partial charge in [-0.2, -0.15) is 4.98 Å². The number of aromatic amines is 2. The topological polar surface area (TPSA) is 80.9 Å². The first-order valence-electron chi connectivity index (χ1n) is 5.12. The van der Waals surface area contributed by atoms with Crippen LogP contribution in [0.1, 0.15) is 5.56 Å². The summed E-state index contributed by atoms with van der Waals surface area (Å²) in [6.07, 6.45) is 3.29. The molecule has 0 atom stereocenters. The number of anilines is 1. The molecule has 3 aromatic rings. The van der Waals surface area contributed by atoms with E-state index in [1.165, 1.54) is 0 Å². The SMILES string of the molecule is Clc1nc(NCc2ccoc2Br)c2[nH]c[nH+]c2n1. The van der Waals surface area contributed by atoms with Gasteiger partial charge in [0.05, 0.1) is 6.26 Å². The number of halogens is 2. The lowest BCUT2D eigenvalue weighted by Gasteiger charge is -2.02. The highest BCUT2D eigenvalue weighted by Crippen LogP contribution is 2.21. The molecule has 0 aliphatic heterocycles. The molecule has 0 bridgehead atoms. The van der Waals surface area contributed by atoms with Crippen molar-refractivity contribution >= 4 is 44.5 Å². The average molecular weight is 330 g/mol. The van der Waals surface area contributed by atoms with E-state index in [2.05, 4.69) is 41.2 Å². The molecular formula is C10H8BrClN5O+. The van der Waals surface area contributed by atoms with Gasteiger partial charge in [0.15, 0.2) is 16.8 Å². The summed E-state index contributed by atoms with van der Waals surface area (Å²) in [6, 6.07) is 1.87. The molecule has 18 heavy (non-hydrogen) atoms. The summed E-state index contributed by atoms with van der Waals surface area (Å²) < 4.78 is 5.85. The number of hydrogen-bond acceptors (Lipinski definition) is 4. The predicted molar refractivity (Wildman–Crippen MR) is 69.2 cm³/mol. The monoisotopic (exact) mass is 328 g/mol. The quantitative estimate of drug-likeness (QED) is 0.723.